The van der Waals surface area contributed by atoms with E-state index in [9.17, 15) is 14.9 Å². The standard InChI is InChI=1S/C24H21N5O4/c1-28(2)24(30)33-23-19(12-11-16-8-6-14-26-22(16)23)21(27-20-10-3-4-13-25-20)17-7-5-9-18(15-17)29(31)32/h3-15,21H,1-2H3,(H,25,27). The fraction of sp³-hybridized carbons (Fsp3) is 0.125. The van der Waals surface area contributed by atoms with Crippen LogP contribution in [0.15, 0.2) is 79.1 Å². The molecular weight excluding hydrogens is 422 g/mol. The van der Waals surface area contributed by atoms with Crippen molar-refractivity contribution in [2.45, 2.75) is 6.04 Å². The van der Waals surface area contributed by atoms with Crippen LogP contribution >= 0.6 is 0 Å². The maximum Gasteiger partial charge on any atom is 0.414 e. The number of hydrogen-bond donors (Lipinski definition) is 1. The zero-order valence-electron chi connectivity index (χ0n) is 18.0. The third-order valence-electron chi connectivity index (χ3n) is 5.00. The highest BCUT2D eigenvalue weighted by atomic mass is 16.6. The zero-order valence-corrected chi connectivity index (χ0v) is 18.0. The SMILES string of the molecule is CN(C)C(=O)Oc1c(C(Nc2ccccn2)c2cccc([N+](=O)[O-])c2)ccc2cccnc12. The Hall–Kier alpha value is -4.53. The summed E-state index contributed by atoms with van der Waals surface area (Å²) >= 11 is 0. The molecule has 1 N–H and O–H groups in total. The Morgan fingerprint density at radius 2 is 1.85 bits per heavy atom. The smallest absolute Gasteiger partial charge is 0.407 e. The summed E-state index contributed by atoms with van der Waals surface area (Å²) in [4.78, 5) is 33.6. The van der Waals surface area contributed by atoms with Gasteiger partial charge in [0.2, 0.25) is 0 Å². The van der Waals surface area contributed by atoms with E-state index in [0.29, 0.717) is 22.5 Å². The van der Waals surface area contributed by atoms with Crippen molar-refractivity contribution >= 4 is 28.5 Å². The van der Waals surface area contributed by atoms with Crippen LogP contribution in [0.3, 0.4) is 0 Å². The molecule has 4 aromatic rings. The number of pyridine rings is 2. The lowest BCUT2D eigenvalue weighted by Crippen LogP contribution is -2.26. The van der Waals surface area contributed by atoms with E-state index >= 15 is 0 Å². The molecule has 1 atom stereocenters. The lowest BCUT2D eigenvalue weighted by atomic mass is 9.95. The van der Waals surface area contributed by atoms with Crippen molar-refractivity contribution in [2.75, 3.05) is 19.4 Å². The van der Waals surface area contributed by atoms with Crippen LogP contribution in [0.2, 0.25) is 0 Å². The Bertz CT molecular complexity index is 1310. The van der Waals surface area contributed by atoms with Gasteiger partial charge in [0.15, 0.2) is 5.75 Å². The lowest BCUT2D eigenvalue weighted by Gasteiger charge is -2.24. The Morgan fingerprint density at radius 3 is 2.58 bits per heavy atom. The number of benzene rings is 2. The molecule has 9 nitrogen and oxygen atoms in total. The van der Waals surface area contributed by atoms with E-state index in [2.05, 4.69) is 15.3 Å². The molecule has 0 aliphatic rings. The molecule has 0 aliphatic carbocycles. The molecular formula is C24H21N5O4. The summed E-state index contributed by atoms with van der Waals surface area (Å²) in [6.07, 6.45) is 2.69. The lowest BCUT2D eigenvalue weighted by molar-refractivity contribution is -0.384. The fourth-order valence-electron chi connectivity index (χ4n) is 3.40. The van der Waals surface area contributed by atoms with Crippen molar-refractivity contribution in [3.63, 3.8) is 0 Å². The van der Waals surface area contributed by atoms with Gasteiger partial charge in [-0.2, -0.15) is 0 Å². The molecule has 0 bridgehead atoms. The summed E-state index contributed by atoms with van der Waals surface area (Å²) < 4.78 is 5.77. The Morgan fingerprint density at radius 1 is 1.03 bits per heavy atom. The average molecular weight is 443 g/mol. The van der Waals surface area contributed by atoms with Gasteiger partial charge in [-0.05, 0) is 23.8 Å². The minimum absolute atomic E-state index is 0.0499. The molecule has 0 saturated heterocycles. The third kappa shape index (κ3) is 4.72. The number of ether oxygens (including phenoxy) is 1. The van der Waals surface area contributed by atoms with Crippen molar-refractivity contribution in [1.82, 2.24) is 14.9 Å². The fourth-order valence-corrected chi connectivity index (χ4v) is 3.40. The second kappa shape index (κ2) is 9.31. The van der Waals surface area contributed by atoms with Gasteiger partial charge in [0, 0.05) is 49.6 Å². The molecule has 0 radical (unpaired) electrons. The first-order valence-corrected chi connectivity index (χ1v) is 10.1. The van der Waals surface area contributed by atoms with Crippen LogP contribution < -0.4 is 10.1 Å². The quantitative estimate of drug-likeness (QED) is 0.337. The van der Waals surface area contributed by atoms with E-state index in [4.69, 9.17) is 4.74 Å². The van der Waals surface area contributed by atoms with Crippen molar-refractivity contribution in [3.05, 3.63) is 100 Å². The molecule has 2 aromatic heterocycles. The second-order valence-electron chi connectivity index (χ2n) is 7.47. The molecule has 0 aliphatic heterocycles. The minimum atomic E-state index is -0.615. The number of carbonyl (C=O) groups is 1. The largest absolute Gasteiger partial charge is 0.414 e. The Kier molecular flexibility index (Phi) is 6.12. The van der Waals surface area contributed by atoms with E-state index in [1.165, 1.54) is 17.0 Å². The molecule has 2 heterocycles. The number of nitro benzene ring substituents is 1. The summed E-state index contributed by atoms with van der Waals surface area (Å²) in [5.41, 5.74) is 1.64. The second-order valence-corrected chi connectivity index (χ2v) is 7.47. The van der Waals surface area contributed by atoms with Crippen LogP contribution in [0.25, 0.3) is 10.9 Å². The topological polar surface area (TPSA) is 110 Å². The first kappa shape index (κ1) is 21.7. The number of amides is 1. The number of nitrogens with one attached hydrogen (secondary N) is 1. The first-order chi connectivity index (χ1) is 15.9. The van der Waals surface area contributed by atoms with Crippen molar-refractivity contribution in [2.24, 2.45) is 0 Å². The molecule has 2 aromatic carbocycles. The van der Waals surface area contributed by atoms with Gasteiger partial charge in [0.05, 0.1) is 11.0 Å². The number of fused-ring (bicyclic) bond motifs is 1. The molecule has 33 heavy (non-hydrogen) atoms. The third-order valence-corrected chi connectivity index (χ3v) is 5.00. The minimum Gasteiger partial charge on any atom is -0.407 e. The molecule has 1 unspecified atom stereocenters. The maximum absolute atomic E-state index is 12.5. The van der Waals surface area contributed by atoms with Gasteiger partial charge in [-0.25, -0.2) is 9.78 Å². The van der Waals surface area contributed by atoms with Gasteiger partial charge in [0.25, 0.3) is 5.69 Å². The highest BCUT2D eigenvalue weighted by Gasteiger charge is 2.25. The number of nitro groups is 1. The number of carbonyl (C=O) groups excluding carboxylic acids is 1. The summed E-state index contributed by atoms with van der Waals surface area (Å²) in [5, 5.41) is 15.5. The van der Waals surface area contributed by atoms with E-state index in [-0.39, 0.29) is 11.4 Å². The first-order valence-electron chi connectivity index (χ1n) is 10.1. The van der Waals surface area contributed by atoms with E-state index < -0.39 is 17.1 Å². The summed E-state index contributed by atoms with van der Waals surface area (Å²) in [6, 6.07) is 18.4. The van der Waals surface area contributed by atoms with Gasteiger partial charge < -0.3 is 15.0 Å². The maximum atomic E-state index is 12.5. The van der Waals surface area contributed by atoms with Crippen molar-refractivity contribution < 1.29 is 14.5 Å². The summed E-state index contributed by atoms with van der Waals surface area (Å²) in [7, 11) is 3.18. The van der Waals surface area contributed by atoms with Crippen LogP contribution in [-0.4, -0.2) is 40.0 Å². The number of anilines is 1. The van der Waals surface area contributed by atoms with Gasteiger partial charge >= 0.3 is 6.09 Å². The molecule has 0 fully saturated rings. The predicted octanol–water partition coefficient (Wildman–Crippen LogP) is 4.80. The molecule has 166 valence electrons. The average Bonchev–Trinajstić information content (AvgIpc) is 2.83. The Labute approximate surface area is 189 Å². The highest BCUT2D eigenvalue weighted by molar-refractivity contribution is 5.88. The van der Waals surface area contributed by atoms with Gasteiger partial charge in [-0.1, -0.05) is 36.4 Å². The number of aromatic nitrogens is 2. The molecule has 0 spiro atoms. The Balaban J connectivity index is 1.92. The normalized spacial score (nSPS) is 11.6. The molecule has 4 rings (SSSR count). The monoisotopic (exact) mass is 443 g/mol. The van der Waals surface area contributed by atoms with E-state index in [0.717, 1.165) is 5.39 Å². The van der Waals surface area contributed by atoms with Crippen molar-refractivity contribution in [1.29, 1.82) is 0 Å². The zero-order chi connectivity index (χ0) is 23.4. The molecule has 1 amide bonds. The number of rotatable bonds is 6. The van der Waals surface area contributed by atoms with Crippen LogP contribution in [-0.2, 0) is 0 Å². The van der Waals surface area contributed by atoms with E-state index in [1.807, 2.05) is 24.3 Å². The predicted molar refractivity (Wildman–Crippen MR) is 124 cm³/mol. The van der Waals surface area contributed by atoms with Crippen molar-refractivity contribution in [3.8, 4) is 5.75 Å². The van der Waals surface area contributed by atoms with Crippen LogP contribution in [0.1, 0.15) is 17.2 Å². The number of non-ortho nitro benzene ring substituents is 1. The number of hydrogen-bond acceptors (Lipinski definition) is 7. The van der Waals surface area contributed by atoms with Crippen LogP contribution in [0, 0.1) is 10.1 Å². The van der Waals surface area contributed by atoms with Crippen LogP contribution in [0.5, 0.6) is 5.75 Å². The van der Waals surface area contributed by atoms with Crippen LogP contribution in [0.4, 0.5) is 16.3 Å². The number of nitrogens with zero attached hydrogens (tertiary/aromatic N) is 4. The van der Waals surface area contributed by atoms with Gasteiger partial charge in [-0.15, -0.1) is 0 Å². The van der Waals surface area contributed by atoms with Gasteiger partial charge in [-0.3, -0.25) is 15.1 Å². The van der Waals surface area contributed by atoms with E-state index in [1.54, 1.807) is 56.8 Å². The summed E-state index contributed by atoms with van der Waals surface area (Å²) in [5.74, 6) is 0.826. The van der Waals surface area contributed by atoms with Gasteiger partial charge in [0.1, 0.15) is 11.3 Å². The summed E-state index contributed by atoms with van der Waals surface area (Å²) in [6.45, 7) is 0. The molecule has 0 saturated carbocycles. The highest BCUT2D eigenvalue weighted by Crippen LogP contribution is 2.38. The molecule has 9 heteroatoms.